The Bertz CT molecular complexity index is 1010. The van der Waals surface area contributed by atoms with Crippen LogP contribution in [-0.4, -0.2) is 36.1 Å². The summed E-state index contributed by atoms with van der Waals surface area (Å²) >= 11 is 0. The molecule has 1 aliphatic rings. The van der Waals surface area contributed by atoms with Gasteiger partial charge in [0.1, 0.15) is 11.5 Å². The van der Waals surface area contributed by atoms with Crippen LogP contribution in [0.25, 0.3) is 10.9 Å². The third-order valence-corrected chi connectivity index (χ3v) is 5.67. The molecule has 1 saturated heterocycles. The van der Waals surface area contributed by atoms with Crippen molar-refractivity contribution in [2.45, 2.75) is 32.4 Å². The number of ether oxygens (including phenoxy) is 2. The van der Waals surface area contributed by atoms with Gasteiger partial charge in [0.05, 0.1) is 25.8 Å². The zero-order valence-corrected chi connectivity index (χ0v) is 16.6. The van der Waals surface area contributed by atoms with E-state index in [1.165, 1.54) is 0 Å². The maximum atomic E-state index is 13.5. The highest BCUT2D eigenvalue weighted by molar-refractivity contribution is 6.07. The van der Waals surface area contributed by atoms with Crippen molar-refractivity contribution in [2.24, 2.45) is 0 Å². The standard InChI is InChI=1S/C23H26N2O3/c1-4-24-15-19(17-8-5-6-9-20(17)24)23(26)25-13-7-10-21(25)18-12-11-16(27-2)14-22(18)28-3/h5-6,8-9,11-12,14-15,21H,4,7,10,13H2,1-3H3. The SMILES string of the molecule is CCn1cc(C(=O)N2CCCC2c2ccc(OC)cc2OC)c2ccccc21. The Balaban J connectivity index is 1.72. The van der Waals surface area contributed by atoms with E-state index >= 15 is 0 Å². The summed E-state index contributed by atoms with van der Waals surface area (Å²) in [6.07, 6.45) is 3.91. The molecule has 1 unspecified atom stereocenters. The fourth-order valence-corrected chi connectivity index (χ4v) is 4.26. The molecule has 0 bridgehead atoms. The fraction of sp³-hybridized carbons (Fsp3) is 0.348. The monoisotopic (exact) mass is 378 g/mol. The van der Waals surface area contributed by atoms with Crippen LogP contribution in [0.2, 0.25) is 0 Å². The molecule has 28 heavy (non-hydrogen) atoms. The van der Waals surface area contributed by atoms with Crippen LogP contribution in [0.15, 0.2) is 48.7 Å². The zero-order valence-electron chi connectivity index (χ0n) is 16.6. The molecule has 2 aromatic carbocycles. The number of benzene rings is 2. The van der Waals surface area contributed by atoms with E-state index in [1.54, 1.807) is 14.2 Å². The molecule has 4 rings (SSSR count). The second kappa shape index (κ2) is 7.58. The van der Waals surface area contributed by atoms with Gasteiger partial charge in [-0.25, -0.2) is 0 Å². The summed E-state index contributed by atoms with van der Waals surface area (Å²) in [5, 5.41) is 1.02. The second-order valence-corrected chi connectivity index (χ2v) is 7.11. The van der Waals surface area contributed by atoms with Crippen LogP contribution in [0.1, 0.15) is 41.7 Å². The number of carbonyl (C=O) groups is 1. The molecule has 5 heteroatoms. The Morgan fingerprint density at radius 2 is 1.96 bits per heavy atom. The molecule has 1 atom stereocenters. The van der Waals surface area contributed by atoms with Crippen LogP contribution >= 0.6 is 0 Å². The number of para-hydroxylation sites is 1. The first kappa shape index (κ1) is 18.4. The van der Waals surface area contributed by atoms with Gasteiger partial charge in [0.25, 0.3) is 5.91 Å². The Morgan fingerprint density at radius 3 is 2.71 bits per heavy atom. The van der Waals surface area contributed by atoms with Crippen LogP contribution in [0.3, 0.4) is 0 Å². The lowest BCUT2D eigenvalue weighted by molar-refractivity contribution is 0.0736. The van der Waals surface area contributed by atoms with Gasteiger partial charge in [0, 0.05) is 41.8 Å². The van der Waals surface area contributed by atoms with E-state index in [4.69, 9.17) is 9.47 Å². The maximum Gasteiger partial charge on any atom is 0.256 e. The molecule has 5 nitrogen and oxygen atoms in total. The van der Waals surface area contributed by atoms with Crippen LogP contribution < -0.4 is 9.47 Å². The highest BCUT2D eigenvalue weighted by Gasteiger charge is 2.33. The lowest BCUT2D eigenvalue weighted by Gasteiger charge is -2.26. The summed E-state index contributed by atoms with van der Waals surface area (Å²) < 4.78 is 13.1. The molecule has 1 aliphatic heterocycles. The number of carbonyl (C=O) groups excluding carboxylic acids is 1. The van der Waals surface area contributed by atoms with Gasteiger partial charge in [-0.15, -0.1) is 0 Å². The summed E-state index contributed by atoms with van der Waals surface area (Å²) in [6.45, 7) is 3.69. The van der Waals surface area contributed by atoms with Gasteiger partial charge in [0.2, 0.25) is 0 Å². The molecule has 0 saturated carbocycles. The van der Waals surface area contributed by atoms with E-state index < -0.39 is 0 Å². The van der Waals surface area contributed by atoms with Gasteiger partial charge in [-0.3, -0.25) is 4.79 Å². The van der Waals surface area contributed by atoms with Crippen molar-refractivity contribution < 1.29 is 14.3 Å². The van der Waals surface area contributed by atoms with Crippen molar-refractivity contribution in [1.82, 2.24) is 9.47 Å². The van der Waals surface area contributed by atoms with Gasteiger partial charge in [-0.05, 0) is 38.0 Å². The Labute approximate surface area is 165 Å². The third-order valence-electron chi connectivity index (χ3n) is 5.67. The molecule has 146 valence electrons. The molecule has 0 aliphatic carbocycles. The largest absolute Gasteiger partial charge is 0.497 e. The van der Waals surface area contributed by atoms with E-state index in [1.807, 2.05) is 47.5 Å². The Morgan fingerprint density at radius 1 is 1.14 bits per heavy atom. The van der Waals surface area contributed by atoms with E-state index in [-0.39, 0.29) is 11.9 Å². The number of amides is 1. The summed E-state index contributed by atoms with van der Waals surface area (Å²) in [5.74, 6) is 1.60. The molecular weight excluding hydrogens is 352 g/mol. The number of rotatable bonds is 5. The minimum Gasteiger partial charge on any atom is -0.497 e. The molecule has 3 aromatic rings. The third kappa shape index (κ3) is 3.01. The van der Waals surface area contributed by atoms with Crippen molar-refractivity contribution in [3.8, 4) is 11.5 Å². The van der Waals surface area contributed by atoms with Crippen molar-refractivity contribution in [2.75, 3.05) is 20.8 Å². The number of aromatic nitrogens is 1. The van der Waals surface area contributed by atoms with Gasteiger partial charge >= 0.3 is 0 Å². The number of methoxy groups -OCH3 is 2. The molecule has 1 fully saturated rings. The Hall–Kier alpha value is -2.95. The molecule has 0 N–H and O–H groups in total. The van der Waals surface area contributed by atoms with Crippen LogP contribution in [0, 0.1) is 0 Å². The highest BCUT2D eigenvalue weighted by Crippen LogP contribution is 2.40. The first-order valence-corrected chi connectivity index (χ1v) is 9.78. The van der Waals surface area contributed by atoms with E-state index in [2.05, 4.69) is 17.6 Å². The predicted octanol–water partition coefficient (Wildman–Crippen LogP) is 4.66. The van der Waals surface area contributed by atoms with Crippen molar-refractivity contribution in [3.05, 3.63) is 59.8 Å². The number of aryl methyl sites for hydroxylation is 1. The summed E-state index contributed by atoms with van der Waals surface area (Å²) in [6, 6.07) is 14.0. The summed E-state index contributed by atoms with van der Waals surface area (Å²) in [7, 11) is 3.30. The number of nitrogens with zero attached hydrogens (tertiary/aromatic N) is 2. The average Bonchev–Trinajstić information content (AvgIpc) is 3.37. The smallest absolute Gasteiger partial charge is 0.256 e. The van der Waals surface area contributed by atoms with E-state index in [0.29, 0.717) is 0 Å². The van der Waals surface area contributed by atoms with Gasteiger partial charge in [-0.1, -0.05) is 18.2 Å². The number of fused-ring (bicyclic) bond motifs is 1. The first-order chi connectivity index (χ1) is 13.7. The topological polar surface area (TPSA) is 43.7 Å². The van der Waals surface area contributed by atoms with Crippen LogP contribution in [-0.2, 0) is 6.54 Å². The van der Waals surface area contributed by atoms with Gasteiger partial charge in [0.15, 0.2) is 0 Å². The molecule has 0 spiro atoms. The second-order valence-electron chi connectivity index (χ2n) is 7.11. The number of hydrogen-bond acceptors (Lipinski definition) is 3. The first-order valence-electron chi connectivity index (χ1n) is 9.78. The minimum atomic E-state index is 0.0112. The predicted molar refractivity (Wildman–Crippen MR) is 110 cm³/mol. The minimum absolute atomic E-state index is 0.0112. The normalized spacial score (nSPS) is 16.5. The number of hydrogen-bond donors (Lipinski definition) is 0. The lowest BCUT2D eigenvalue weighted by Crippen LogP contribution is -2.30. The fourth-order valence-electron chi connectivity index (χ4n) is 4.26. The van der Waals surface area contributed by atoms with Crippen LogP contribution in [0.5, 0.6) is 11.5 Å². The van der Waals surface area contributed by atoms with Crippen LogP contribution in [0.4, 0.5) is 0 Å². The van der Waals surface area contributed by atoms with E-state index in [9.17, 15) is 4.79 Å². The number of likely N-dealkylation sites (tertiary alicyclic amines) is 1. The summed E-state index contributed by atoms with van der Waals surface area (Å²) in [4.78, 5) is 15.5. The average molecular weight is 378 g/mol. The maximum absolute atomic E-state index is 13.5. The van der Waals surface area contributed by atoms with Gasteiger partial charge in [-0.2, -0.15) is 0 Å². The molecule has 0 radical (unpaired) electrons. The molecule has 1 amide bonds. The van der Waals surface area contributed by atoms with Crippen molar-refractivity contribution in [3.63, 3.8) is 0 Å². The zero-order chi connectivity index (χ0) is 19.7. The van der Waals surface area contributed by atoms with Crippen molar-refractivity contribution >= 4 is 16.8 Å². The van der Waals surface area contributed by atoms with Crippen molar-refractivity contribution in [1.29, 1.82) is 0 Å². The quantitative estimate of drug-likeness (QED) is 0.649. The molecular formula is C23H26N2O3. The highest BCUT2D eigenvalue weighted by atomic mass is 16.5. The summed E-state index contributed by atoms with van der Waals surface area (Å²) in [5.41, 5.74) is 2.91. The van der Waals surface area contributed by atoms with Gasteiger partial charge < -0.3 is 18.9 Å². The lowest BCUT2D eigenvalue weighted by atomic mass is 10.0. The van der Waals surface area contributed by atoms with E-state index in [0.717, 1.165) is 59.5 Å². The molecule has 1 aromatic heterocycles. The Kier molecular flexibility index (Phi) is 4.99. The molecule has 2 heterocycles.